The van der Waals surface area contributed by atoms with Crippen molar-refractivity contribution in [1.29, 1.82) is 0 Å². The molecule has 64 heavy (non-hydrogen) atoms. The summed E-state index contributed by atoms with van der Waals surface area (Å²) >= 11 is 1.87. The average Bonchev–Trinajstić information content (AvgIpc) is 3.96. The molecule has 10 aromatic carbocycles. The second kappa shape index (κ2) is 14.0. The minimum Gasteiger partial charge on any atom is -0.309 e. The number of benzene rings is 10. The number of rotatable bonds is 6. The van der Waals surface area contributed by atoms with Gasteiger partial charge in [0.05, 0.1) is 16.8 Å². The molecule has 0 unspecified atom stereocenters. The Labute approximate surface area is 378 Å². The molecule has 1 aromatic heterocycles. The molecule has 2 aliphatic rings. The van der Waals surface area contributed by atoms with Crippen LogP contribution in [0.2, 0.25) is 0 Å². The molecule has 2 aliphatic carbocycles. The van der Waals surface area contributed by atoms with Crippen LogP contribution in [-0.2, 0) is 10.8 Å². The smallest absolute Gasteiger partial charge is 0.0714 e. The Morgan fingerprint density at radius 1 is 0.391 bits per heavy atom. The highest BCUT2D eigenvalue weighted by Crippen LogP contribution is 2.62. The van der Waals surface area contributed by atoms with Crippen LogP contribution in [0.25, 0.3) is 64.3 Å². The SMILES string of the molecule is CC1(C)c2ccccc2-c2c(N(c3ccc(-c4ccc5c(c4)sc4ccccc45)cc3)c3cccc4c3-c3ccccc3C4(c3ccccc3)c3ccccc3)cc3ccccc3c21. The van der Waals surface area contributed by atoms with Gasteiger partial charge in [-0.2, -0.15) is 0 Å². The summed E-state index contributed by atoms with van der Waals surface area (Å²) in [5.74, 6) is 0. The molecule has 0 saturated heterocycles. The summed E-state index contributed by atoms with van der Waals surface area (Å²) in [4.78, 5) is 2.59. The lowest BCUT2D eigenvalue weighted by atomic mass is 9.68. The maximum Gasteiger partial charge on any atom is 0.0714 e. The monoisotopic (exact) mass is 833 g/mol. The quantitative estimate of drug-likeness (QED) is 0.161. The summed E-state index contributed by atoms with van der Waals surface area (Å²) in [6, 6.07) is 84.0. The molecule has 0 bridgehead atoms. The first-order valence-electron chi connectivity index (χ1n) is 22.3. The summed E-state index contributed by atoms with van der Waals surface area (Å²) in [6.45, 7) is 4.82. The van der Waals surface area contributed by atoms with Crippen LogP contribution in [0.4, 0.5) is 17.1 Å². The fourth-order valence-corrected chi connectivity index (χ4v) is 12.7. The largest absolute Gasteiger partial charge is 0.309 e. The number of hydrogen-bond donors (Lipinski definition) is 0. The van der Waals surface area contributed by atoms with Crippen LogP contribution < -0.4 is 4.90 Å². The van der Waals surface area contributed by atoms with E-state index in [2.05, 4.69) is 243 Å². The average molecular weight is 834 g/mol. The standard InChI is InChI=1S/C62H43NS/c1-61(2)51-27-14-11-25-49(51)59-55(38-42-18-9-10-23-46(42)60(59)61)63(45-35-32-40(33-36-45)41-34-37-48-47-24-13-16-31-56(47)64-57(48)39-41)54-30-17-29-53-58(54)50-26-12-15-28-52(50)62(53,43-19-5-3-6-20-43)44-21-7-4-8-22-44/h3-39H,1-2H3. The third-order valence-corrected chi connectivity index (χ3v) is 15.4. The predicted molar refractivity (Wildman–Crippen MR) is 272 cm³/mol. The Kier molecular flexibility index (Phi) is 8.11. The zero-order chi connectivity index (χ0) is 42.6. The highest BCUT2D eigenvalue weighted by Gasteiger charge is 2.48. The maximum atomic E-state index is 2.59. The van der Waals surface area contributed by atoms with Crippen LogP contribution in [0.15, 0.2) is 224 Å². The second-order valence-corrected chi connectivity index (χ2v) is 19.0. The Morgan fingerprint density at radius 3 is 1.72 bits per heavy atom. The van der Waals surface area contributed by atoms with Gasteiger partial charge in [-0.05, 0) is 103 Å². The highest BCUT2D eigenvalue weighted by atomic mass is 32.1. The van der Waals surface area contributed by atoms with Gasteiger partial charge in [-0.3, -0.25) is 0 Å². The third kappa shape index (κ3) is 5.18. The summed E-state index contributed by atoms with van der Waals surface area (Å²) in [5, 5.41) is 5.20. The van der Waals surface area contributed by atoms with E-state index in [9.17, 15) is 0 Å². The van der Waals surface area contributed by atoms with Crippen molar-refractivity contribution in [3.63, 3.8) is 0 Å². The third-order valence-electron chi connectivity index (χ3n) is 14.3. The molecule has 0 spiro atoms. The molecule has 0 radical (unpaired) electrons. The number of nitrogens with zero attached hydrogens (tertiary/aromatic N) is 1. The van der Waals surface area contributed by atoms with Crippen molar-refractivity contribution in [3.05, 3.63) is 258 Å². The molecular weight excluding hydrogens is 791 g/mol. The van der Waals surface area contributed by atoms with Gasteiger partial charge in [-0.15, -0.1) is 11.3 Å². The van der Waals surface area contributed by atoms with Gasteiger partial charge < -0.3 is 4.90 Å². The molecule has 0 N–H and O–H groups in total. The van der Waals surface area contributed by atoms with Gasteiger partial charge in [0.2, 0.25) is 0 Å². The zero-order valence-corrected chi connectivity index (χ0v) is 36.5. The Hall–Kier alpha value is -7.52. The molecule has 302 valence electrons. The molecule has 1 heterocycles. The first-order valence-corrected chi connectivity index (χ1v) is 23.2. The van der Waals surface area contributed by atoms with E-state index in [0.29, 0.717) is 0 Å². The van der Waals surface area contributed by atoms with Crippen molar-refractivity contribution in [2.45, 2.75) is 24.7 Å². The Balaban J connectivity index is 1.10. The van der Waals surface area contributed by atoms with E-state index in [0.717, 1.165) is 11.4 Å². The van der Waals surface area contributed by atoms with Gasteiger partial charge in [-0.25, -0.2) is 0 Å². The predicted octanol–water partition coefficient (Wildman–Crippen LogP) is 17.0. The number of hydrogen-bond acceptors (Lipinski definition) is 2. The van der Waals surface area contributed by atoms with Crippen molar-refractivity contribution >= 4 is 59.3 Å². The summed E-state index contributed by atoms with van der Waals surface area (Å²) < 4.78 is 2.64. The van der Waals surface area contributed by atoms with Gasteiger partial charge in [0, 0.05) is 42.4 Å². The van der Waals surface area contributed by atoms with Crippen LogP contribution in [0.1, 0.15) is 47.2 Å². The normalized spacial score (nSPS) is 14.0. The van der Waals surface area contributed by atoms with Crippen molar-refractivity contribution in [3.8, 4) is 33.4 Å². The van der Waals surface area contributed by atoms with Gasteiger partial charge in [0.25, 0.3) is 0 Å². The summed E-state index contributed by atoms with van der Waals surface area (Å²) in [7, 11) is 0. The van der Waals surface area contributed by atoms with E-state index in [1.54, 1.807) is 0 Å². The lowest BCUT2D eigenvalue weighted by molar-refractivity contribution is 0.666. The molecule has 11 aromatic rings. The summed E-state index contributed by atoms with van der Waals surface area (Å²) in [6.07, 6.45) is 0. The fourth-order valence-electron chi connectivity index (χ4n) is 11.6. The lowest BCUT2D eigenvalue weighted by Gasteiger charge is -2.35. The molecule has 13 rings (SSSR count). The minimum absolute atomic E-state index is 0.205. The van der Waals surface area contributed by atoms with E-state index in [1.165, 1.54) is 103 Å². The molecule has 0 aliphatic heterocycles. The molecule has 2 heteroatoms. The molecule has 1 nitrogen and oxygen atoms in total. The number of fused-ring (bicyclic) bond motifs is 11. The van der Waals surface area contributed by atoms with Crippen molar-refractivity contribution < 1.29 is 0 Å². The van der Waals surface area contributed by atoms with E-state index >= 15 is 0 Å². The number of thiophene rings is 1. The van der Waals surface area contributed by atoms with Crippen LogP contribution in [0, 0.1) is 0 Å². The molecular formula is C62H43NS. The van der Waals surface area contributed by atoms with E-state index in [1.807, 2.05) is 11.3 Å². The first-order chi connectivity index (χ1) is 31.5. The van der Waals surface area contributed by atoms with Crippen molar-refractivity contribution in [2.24, 2.45) is 0 Å². The molecule has 0 saturated carbocycles. The van der Waals surface area contributed by atoms with Gasteiger partial charge >= 0.3 is 0 Å². The van der Waals surface area contributed by atoms with E-state index < -0.39 is 5.41 Å². The molecule has 0 fully saturated rings. The molecule has 0 atom stereocenters. The van der Waals surface area contributed by atoms with Gasteiger partial charge in [0.1, 0.15) is 0 Å². The van der Waals surface area contributed by atoms with Crippen molar-refractivity contribution in [1.82, 2.24) is 0 Å². The van der Waals surface area contributed by atoms with E-state index in [4.69, 9.17) is 0 Å². The zero-order valence-electron chi connectivity index (χ0n) is 35.7. The first kappa shape index (κ1) is 37.1. The molecule has 0 amide bonds. The fraction of sp³-hybridized carbons (Fsp3) is 0.0645. The highest BCUT2D eigenvalue weighted by molar-refractivity contribution is 7.25. The Bertz CT molecular complexity index is 3590. The van der Waals surface area contributed by atoms with Crippen LogP contribution in [-0.4, -0.2) is 0 Å². The van der Waals surface area contributed by atoms with Crippen LogP contribution in [0.5, 0.6) is 0 Å². The topological polar surface area (TPSA) is 3.24 Å². The lowest BCUT2D eigenvalue weighted by Crippen LogP contribution is -2.28. The van der Waals surface area contributed by atoms with Crippen LogP contribution in [0.3, 0.4) is 0 Å². The minimum atomic E-state index is -0.523. The van der Waals surface area contributed by atoms with Crippen molar-refractivity contribution in [2.75, 3.05) is 4.90 Å². The maximum absolute atomic E-state index is 2.59. The van der Waals surface area contributed by atoms with Gasteiger partial charge in [0.15, 0.2) is 0 Å². The van der Waals surface area contributed by atoms with Crippen LogP contribution >= 0.6 is 11.3 Å². The van der Waals surface area contributed by atoms with E-state index in [-0.39, 0.29) is 5.41 Å². The Morgan fingerprint density at radius 2 is 0.969 bits per heavy atom. The number of anilines is 3. The second-order valence-electron chi connectivity index (χ2n) is 18.0. The summed E-state index contributed by atoms with van der Waals surface area (Å²) in [5.41, 5.74) is 18.2. The van der Waals surface area contributed by atoms with Gasteiger partial charge in [-0.1, -0.05) is 202 Å².